The normalized spacial score (nSPS) is 23.8. The molecule has 1 saturated heterocycles. The van der Waals surface area contributed by atoms with Crippen LogP contribution < -0.4 is 0 Å². The van der Waals surface area contributed by atoms with Gasteiger partial charge in [0.1, 0.15) is 5.82 Å². The second-order valence-corrected chi connectivity index (χ2v) is 6.29. The number of hydrogen-bond donors (Lipinski definition) is 0. The van der Waals surface area contributed by atoms with E-state index in [4.69, 9.17) is 4.74 Å². The van der Waals surface area contributed by atoms with Gasteiger partial charge in [-0.1, -0.05) is 12.1 Å². The van der Waals surface area contributed by atoms with E-state index in [1.165, 1.54) is 12.1 Å². The minimum atomic E-state index is -0.224. The minimum absolute atomic E-state index is 0.0444. The maximum atomic E-state index is 13.1. The quantitative estimate of drug-likeness (QED) is 0.866. The average molecular weight is 317 g/mol. The molecule has 0 spiro atoms. The van der Waals surface area contributed by atoms with Crippen molar-refractivity contribution in [2.45, 2.75) is 38.0 Å². The third-order valence-corrected chi connectivity index (χ3v) is 4.67. The van der Waals surface area contributed by atoms with Crippen LogP contribution in [0.15, 0.2) is 24.3 Å². The van der Waals surface area contributed by atoms with E-state index in [2.05, 4.69) is 27.3 Å². The van der Waals surface area contributed by atoms with E-state index in [9.17, 15) is 4.39 Å². The number of ether oxygens (including phenoxy) is 1. The average Bonchev–Trinajstić information content (AvgIpc) is 3.32. The Kier molecular flexibility index (Phi) is 3.82. The van der Waals surface area contributed by atoms with Gasteiger partial charge in [-0.3, -0.25) is 4.90 Å². The van der Waals surface area contributed by atoms with Crippen molar-refractivity contribution in [2.75, 3.05) is 19.7 Å². The molecule has 1 aromatic heterocycles. The summed E-state index contributed by atoms with van der Waals surface area (Å²) in [6.07, 6.45) is 2.27. The standard InChI is InChI=1S/C16H20FN5O/c1-11(16-18-19-20-22(16)14-6-7-14)21-8-9-23-15(10-21)12-2-4-13(17)5-3-12/h2-5,11,14-15H,6-10H2,1H3. The van der Waals surface area contributed by atoms with Gasteiger partial charge in [-0.15, -0.1) is 5.10 Å². The van der Waals surface area contributed by atoms with E-state index < -0.39 is 0 Å². The molecule has 122 valence electrons. The Morgan fingerprint density at radius 2 is 2.04 bits per heavy atom. The second-order valence-electron chi connectivity index (χ2n) is 6.29. The van der Waals surface area contributed by atoms with Crippen LogP contribution in [0, 0.1) is 5.82 Å². The van der Waals surface area contributed by atoms with Crippen molar-refractivity contribution >= 4 is 0 Å². The van der Waals surface area contributed by atoms with Crippen LogP contribution in [-0.4, -0.2) is 44.8 Å². The summed E-state index contributed by atoms with van der Waals surface area (Å²) >= 11 is 0. The molecule has 7 heteroatoms. The summed E-state index contributed by atoms with van der Waals surface area (Å²) < 4.78 is 20.9. The fourth-order valence-electron chi connectivity index (χ4n) is 3.12. The summed E-state index contributed by atoms with van der Waals surface area (Å²) in [5, 5.41) is 12.2. The number of morpholine rings is 1. The van der Waals surface area contributed by atoms with Crippen LogP contribution in [0.4, 0.5) is 4.39 Å². The van der Waals surface area contributed by atoms with Crippen molar-refractivity contribution in [2.24, 2.45) is 0 Å². The maximum absolute atomic E-state index is 13.1. The molecule has 2 heterocycles. The van der Waals surface area contributed by atoms with E-state index in [0.717, 1.165) is 37.3 Å². The highest BCUT2D eigenvalue weighted by Gasteiger charge is 2.33. The van der Waals surface area contributed by atoms with Crippen LogP contribution in [-0.2, 0) is 4.74 Å². The van der Waals surface area contributed by atoms with Crippen LogP contribution in [0.5, 0.6) is 0 Å². The van der Waals surface area contributed by atoms with Gasteiger partial charge >= 0.3 is 0 Å². The summed E-state index contributed by atoms with van der Waals surface area (Å²) in [4.78, 5) is 2.34. The molecule has 1 aromatic carbocycles. The first kappa shape index (κ1) is 14.7. The highest BCUT2D eigenvalue weighted by Crippen LogP contribution is 2.36. The number of benzene rings is 1. The van der Waals surface area contributed by atoms with Crippen molar-refractivity contribution in [1.82, 2.24) is 25.1 Å². The Labute approximate surface area is 134 Å². The molecule has 2 aliphatic rings. The van der Waals surface area contributed by atoms with Crippen molar-refractivity contribution < 1.29 is 9.13 Å². The third kappa shape index (κ3) is 2.98. The van der Waals surface area contributed by atoms with Crippen LogP contribution in [0.3, 0.4) is 0 Å². The number of nitrogens with zero attached hydrogens (tertiary/aromatic N) is 5. The molecule has 4 rings (SSSR count). The molecule has 2 aromatic rings. The predicted molar refractivity (Wildman–Crippen MR) is 81.2 cm³/mol. The zero-order valence-corrected chi connectivity index (χ0v) is 13.1. The van der Waals surface area contributed by atoms with Crippen molar-refractivity contribution in [3.05, 3.63) is 41.5 Å². The molecule has 1 aliphatic heterocycles. The Morgan fingerprint density at radius 1 is 1.26 bits per heavy atom. The summed E-state index contributed by atoms with van der Waals surface area (Å²) in [6, 6.07) is 7.16. The molecular weight excluding hydrogens is 297 g/mol. The number of hydrogen-bond acceptors (Lipinski definition) is 5. The topological polar surface area (TPSA) is 56.1 Å². The zero-order valence-electron chi connectivity index (χ0n) is 13.1. The molecule has 2 atom stereocenters. The Balaban J connectivity index is 1.50. The van der Waals surface area contributed by atoms with E-state index in [1.807, 2.05) is 4.68 Å². The molecule has 0 radical (unpaired) electrons. The van der Waals surface area contributed by atoms with Gasteiger partial charge in [0.2, 0.25) is 0 Å². The Morgan fingerprint density at radius 3 is 2.78 bits per heavy atom. The predicted octanol–water partition coefficient (Wildman–Crippen LogP) is 2.28. The number of halogens is 1. The zero-order chi connectivity index (χ0) is 15.8. The Bertz CT molecular complexity index is 669. The molecule has 1 aliphatic carbocycles. The smallest absolute Gasteiger partial charge is 0.168 e. The lowest BCUT2D eigenvalue weighted by molar-refractivity contribution is -0.0448. The first-order valence-corrected chi connectivity index (χ1v) is 8.11. The molecule has 1 saturated carbocycles. The third-order valence-electron chi connectivity index (χ3n) is 4.67. The monoisotopic (exact) mass is 317 g/mol. The van der Waals surface area contributed by atoms with Gasteiger partial charge in [0.25, 0.3) is 0 Å². The lowest BCUT2D eigenvalue weighted by Crippen LogP contribution is -2.40. The SMILES string of the molecule is CC(c1nnnn1C1CC1)N1CCOC(c2ccc(F)cc2)C1. The van der Waals surface area contributed by atoms with Crippen molar-refractivity contribution in [3.8, 4) is 0 Å². The number of rotatable bonds is 4. The lowest BCUT2D eigenvalue weighted by Gasteiger charge is -2.36. The van der Waals surface area contributed by atoms with Crippen LogP contribution in [0.2, 0.25) is 0 Å². The summed E-state index contributed by atoms with van der Waals surface area (Å²) in [5.74, 6) is 0.700. The summed E-state index contributed by atoms with van der Waals surface area (Å²) in [5.41, 5.74) is 1.00. The van der Waals surface area contributed by atoms with E-state index in [1.54, 1.807) is 12.1 Å². The molecule has 0 N–H and O–H groups in total. The molecule has 0 bridgehead atoms. The first-order valence-electron chi connectivity index (χ1n) is 8.11. The molecular formula is C16H20FN5O. The number of tetrazole rings is 1. The summed E-state index contributed by atoms with van der Waals surface area (Å²) in [6.45, 7) is 4.38. The lowest BCUT2D eigenvalue weighted by atomic mass is 10.1. The summed E-state index contributed by atoms with van der Waals surface area (Å²) in [7, 11) is 0. The molecule has 23 heavy (non-hydrogen) atoms. The maximum Gasteiger partial charge on any atom is 0.168 e. The fourth-order valence-corrected chi connectivity index (χ4v) is 3.12. The fraction of sp³-hybridized carbons (Fsp3) is 0.562. The highest BCUT2D eigenvalue weighted by molar-refractivity contribution is 5.19. The first-order chi connectivity index (χ1) is 11.2. The Hall–Kier alpha value is -1.86. The van der Waals surface area contributed by atoms with Gasteiger partial charge in [-0.05, 0) is 47.9 Å². The van der Waals surface area contributed by atoms with Crippen molar-refractivity contribution in [3.63, 3.8) is 0 Å². The molecule has 0 amide bonds. The largest absolute Gasteiger partial charge is 0.371 e. The van der Waals surface area contributed by atoms with Crippen LogP contribution in [0.1, 0.15) is 49.3 Å². The van der Waals surface area contributed by atoms with Gasteiger partial charge < -0.3 is 4.74 Å². The number of aromatic nitrogens is 4. The second kappa shape index (κ2) is 5.98. The van der Waals surface area contributed by atoms with Gasteiger partial charge in [-0.25, -0.2) is 9.07 Å². The minimum Gasteiger partial charge on any atom is -0.371 e. The van der Waals surface area contributed by atoms with Crippen molar-refractivity contribution in [1.29, 1.82) is 0 Å². The van der Waals surface area contributed by atoms with Gasteiger partial charge in [-0.2, -0.15) is 0 Å². The molecule has 2 unspecified atom stereocenters. The van der Waals surface area contributed by atoms with E-state index in [0.29, 0.717) is 12.6 Å². The molecule has 6 nitrogen and oxygen atoms in total. The van der Waals surface area contributed by atoms with Crippen LogP contribution in [0.25, 0.3) is 0 Å². The molecule has 2 fully saturated rings. The van der Waals surface area contributed by atoms with Gasteiger partial charge in [0.05, 0.1) is 24.8 Å². The van der Waals surface area contributed by atoms with E-state index in [-0.39, 0.29) is 18.0 Å². The van der Waals surface area contributed by atoms with Gasteiger partial charge in [0, 0.05) is 13.1 Å². The highest BCUT2D eigenvalue weighted by atomic mass is 19.1. The van der Waals surface area contributed by atoms with Crippen LogP contribution >= 0.6 is 0 Å². The van der Waals surface area contributed by atoms with Gasteiger partial charge in [0.15, 0.2) is 5.82 Å². The van der Waals surface area contributed by atoms with E-state index >= 15 is 0 Å².